The van der Waals surface area contributed by atoms with Crippen molar-refractivity contribution in [1.82, 2.24) is 4.57 Å². The number of fused-ring (bicyclic) bond motifs is 2. The summed E-state index contributed by atoms with van der Waals surface area (Å²) in [6.07, 6.45) is 3.37. The molecule has 1 aliphatic rings. The lowest BCUT2D eigenvalue weighted by atomic mass is 9.95. The molecule has 130 valence electrons. The van der Waals surface area contributed by atoms with Crippen LogP contribution in [0.1, 0.15) is 24.0 Å². The van der Waals surface area contributed by atoms with Crippen LogP contribution in [-0.4, -0.2) is 23.2 Å². The fraction of sp³-hybridized carbons (Fsp3) is 0.222. The van der Waals surface area contributed by atoms with E-state index in [2.05, 4.69) is 0 Å². The van der Waals surface area contributed by atoms with Gasteiger partial charge >= 0.3 is 0 Å². The maximum absolute atomic E-state index is 11.9. The number of rotatable bonds is 2. The van der Waals surface area contributed by atoms with E-state index >= 15 is 0 Å². The first-order valence-electron chi connectivity index (χ1n) is 8.09. The predicted octanol–water partition coefficient (Wildman–Crippen LogP) is 2.57. The van der Waals surface area contributed by atoms with E-state index < -0.39 is 10.0 Å². The van der Waals surface area contributed by atoms with Crippen LogP contribution in [0.2, 0.25) is 0 Å². The average molecular weight is 358 g/mol. The van der Waals surface area contributed by atoms with Gasteiger partial charge in [-0.1, -0.05) is 24.3 Å². The minimum Gasteiger partial charge on any atom is -0.494 e. The van der Waals surface area contributed by atoms with Crippen LogP contribution in [0.4, 0.5) is 0 Å². The molecule has 4 rings (SSSR count). The van der Waals surface area contributed by atoms with Crippen molar-refractivity contribution in [2.75, 3.05) is 0 Å². The Morgan fingerprint density at radius 1 is 0.880 bits per heavy atom. The minimum absolute atomic E-state index is 0.0145. The largest absolute Gasteiger partial charge is 0.494 e. The highest BCUT2D eigenvalue weighted by Crippen LogP contribution is 2.42. The van der Waals surface area contributed by atoms with E-state index in [1.165, 1.54) is 10.6 Å². The number of nitrogens with zero attached hydrogens (tertiary/aromatic N) is 1. The first kappa shape index (κ1) is 16.0. The molecule has 1 aliphatic carbocycles. The SMILES string of the molecule is NS(=O)(=O)c1cccc2c(-n3c(O)c4c(c3O)CCCC4)cccc12. The average Bonchev–Trinajstić information content (AvgIpc) is 2.84. The zero-order chi connectivity index (χ0) is 17.8. The molecule has 0 amide bonds. The van der Waals surface area contributed by atoms with Gasteiger partial charge in [-0.3, -0.25) is 4.57 Å². The molecule has 3 aromatic rings. The van der Waals surface area contributed by atoms with Gasteiger partial charge in [0.15, 0.2) is 0 Å². The van der Waals surface area contributed by atoms with Crippen molar-refractivity contribution >= 4 is 20.8 Å². The van der Waals surface area contributed by atoms with Gasteiger partial charge in [-0.05, 0) is 37.8 Å². The lowest BCUT2D eigenvalue weighted by molar-refractivity contribution is 0.400. The van der Waals surface area contributed by atoms with Crippen molar-refractivity contribution in [1.29, 1.82) is 0 Å². The van der Waals surface area contributed by atoms with E-state index in [9.17, 15) is 18.6 Å². The van der Waals surface area contributed by atoms with E-state index in [0.29, 0.717) is 16.5 Å². The number of benzene rings is 2. The number of aromatic hydroxyl groups is 2. The maximum atomic E-state index is 11.9. The maximum Gasteiger partial charge on any atom is 0.238 e. The Labute approximate surface area is 145 Å². The summed E-state index contributed by atoms with van der Waals surface area (Å²) in [5.74, 6) is 0.0291. The molecule has 4 N–H and O–H groups in total. The third kappa shape index (κ3) is 2.39. The Morgan fingerprint density at radius 3 is 2.04 bits per heavy atom. The van der Waals surface area contributed by atoms with Gasteiger partial charge in [0, 0.05) is 21.9 Å². The third-order valence-corrected chi connectivity index (χ3v) is 5.81. The van der Waals surface area contributed by atoms with E-state index in [1.54, 1.807) is 30.3 Å². The van der Waals surface area contributed by atoms with Crippen LogP contribution in [0.5, 0.6) is 11.8 Å². The summed E-state index contributed by atoms with van der Waals surface area (Å²) in [6, 6.07) is 9.88. The number of hydrogen-bond acceptors (Lipinski definition) is 4. The fourth-order valence-electron chi connectivity index (χ4n) is 3.70. The van der Waals surface area contributed by atoms with E-state index in [4.69, 9.17) is 5.14 Å². The van der Waals surface area contributed by atoms with Crippen LogP contribution in [0, 0.1) is 0 Å². The molecule has 0 fully saturated rings. The molecular weight excluding hydrogens is 340 g/mol. The molecule has 0 atom stereocenters. The second-order valence-corrected chi connectivity index (χ2v) is 7.85. The van der Waals surface area contributed by atoms with Crippen molar-refractivity contribution in [3.05, 3.63) is 47.5 Å². The van der Waals surface area contributed by atoms with Gasteiger partial charge in [-0.25, -0.2) is 13.6 Å². The molecule has 0 spiro atoms. The highest BCUT2D eigenvalue weighted by molar-refractivity contribution is 7.89. The fourth-order valence-corrected chi connectivity index (χ4v) is 4.46. The Hall–Kier alpha value is -2.51. The van der Waals surface area contributed by atoms with E-state index in [1.807, 2.05) is 0 Å². The molecule has 0 aliphatic heterocycles. The summed E-state index contributed by atoms with van der Waals surface area (Å²) < 4.78 is 25.1. The summed E-state index contributed by atoms with van der Waals surface area (Å²) in [4.78, 5) is 0.0164. The highest BCUT2D eigenvalue weighted by Gasteiger charge is 2.26. The lowest BCUT2D eigenvalue weighted by Gasteiger charge is -2.12. The standard InChI is InChI=1S/C18H18N2O4S/c19-25(23,24)16-10-4-7-11-12(16)8-3-9-15(11)20-17(21)13-5-1-2-6-14(13)18(20)22/h3-4,7-10,21-22H,1-2,5-6H2,(H2,19,23,24). The van der Waals surface area contributed by atoms with Crippen LogP contribution in [0.25, 0.3) is 16.5 Å². The molecule has 0 saturated heterocycles. The molecule has 1 aromatic heterocycles. The van der Waals surface area contributed by atoms with Crippen LogP contribution in [0.3, 0.4) is 0 Å². The van der Waals surface area contributed by atoms with Gasteiger partial charge in [0.2, 0.25) is 21.8 Å². The normalized spacial score (nSPS) is 14.6. The van der Waals surface area contributed by atoms with Gasteiger partial charge < -0.3 is 10.2 Å². The zero-order valence-electron chi connectivity index (χ0n) is 13.4. The van der Waals surface area contributed by atoms with Crippen LogP contribution >= 0.6 is 0 Å². The predicted molar refractivity (Wildman–Crippen MR) is 94.6 cm³/mol. The summed E-state index contributed by atoms with van der Waals surface area (Å²) in [6.45, 7) is 0. The van der Waals surface area contributed by atoms with Gasteiger partial charge in [0.05, 0.1) is 10.6 Å². The van der Waals surface area contributed by atoms with Crippen LogP contribution in [0.15, 0.2) is 41.3 Å². The molecule has 6 nitrogen and oxygen atoms in total. The Bertz CT molecular complexity index is 1070. The van der Waals surface area contributed by atoms with Gasteiger partial charge in [-0.2, -0.15) is 0 Å². The Balaban J connectivity index is 2.06. The molecule has 0 radical (unpaired) electrons. The van der Waals surface area contributed by atoms with Crippen molar-refractivity contribution in [3.63, 3.8) is 0 Å². The lowest BCUT2D eigenvalue weighted by Crippen LogP contribution is -2.12. The third-order valence-electron chi connectivity index (χ3n) is 4.84. The quantitative estimate of drug-likeness (QED) is 0.654. The number of primary sulfonamides is 1. The molecule has 0 bridgehead atoms. The number of hydrogen-bond donors (Lipinski definition) is 3. The smallest absolute Gasteiger partial charge is 0.238 e. The number of aromatic nitrogens is 1. The van der Waals surface area contributed by atoms with Crippen molar-refractivity contribution in [3.8, 4) is 17.4 Å². The zero-order valence-corrected chi connectivity index (χ0v) is 14.3. The second-order valence-electron chi connectivity index (χ2n) is 6.32. The van der Waals surface area contributed by atoms with Crippen molar-refractivity contribution in [2.45, 2.75) is 30.6 Å². The molecule has 0 saturated carbocycles. The minimum atomic E-state index is -3.89. The number of nitrogens with two attached hydrogens (primary N) is 1. The number of sulfonamides is 1. The molecule has 0 unspecified atom stereocenters. The topological polar surface area (TPSA) is 106 Å². The van der Waals surface area contributed by atoms with Crippen molar-refractivity contribution < 1.29 is 18.6 Å². The summed E-state index contributed by atoms with van der Waals surface area (Å²) >= 11 is 0. The second kappa shape index (κ2) is 5.50. The summed E-state index contributed by atoms with van der Waals surface area (Å²) in [5.41, 5.74) is 2.05. The van der Waals surface area contributed by atoms with Crippen LogP contribution in [-0.2, 0) is 22.9 Å². The molecule has 2 aromatic carbocycles. The molecule has 25 heavy (non-hydrogen) atoms. The summed E-state index contributed by atoms with van der Waals surface area (Å²) in [7, 11) is -3.89. The molecule has 7 heteroatoms. The van der Waals surface area contributed by atoms with E-state index in [-0.39, 0.29) is 16.7 Å². The van der Waals surface area contributed by atoms with E-state index in [0.717, 1.165) is 36.8 Å². The van der Waals surface area contributed by atoms with Gasteiger partial charge in [0.1, 0.15) is 0 Å². The van der Waals surface area contributed by atoms with Gasteiger partial charge in [-0.15, -0.1) is 0 Å². The molecular formula is C18H18N2O4S. The first-order chi connectivity index (χ1) is 11.9. The highest BCUT2D eigenvalue weighted by atomic mass is 32.2. The monoisotopic (exact) mass is 358 g/mol. The molecule has 1 heterocycles. The van der Waals surface area contributed by atoms with Crippen LogP contribution < -0.4 is 5.14 Å². The first-order valence-corrected chi connectivity index (χ1v) is 9.63. The Kier molecular flexibility index (Phi) is 3.52. The van der Waals surface area contributed by atoms with Gasteiger partial charge in [0.25, 0.3) is 0 Å². The van der Waals surface area contributed by atoms with Crippen molar-refractivity contribution in [2.24, 2.45) is 5.14 Å². The Morgan fingerprint density at radius 2 is 1.44 bits per heavy atom. The summed E-state index contributed by atoms with van der Waals surface area (Å²) in [5, 5.41) is 27.7.